The molecule has 2 N–H and O–H groups in total. The zero-order valence-corrected chi connectivity index (χ0v) is 13.4. The van der Waals surface area contributed by atoms with Gasteiger partial charge in [0.25, 0.3) is 0 Å². The van der Waals surface area contributed by atoms with E-state index in [1.54, 1.807) is 7.11 Å². The van der Waals surface area contributed by atoms with Crippen molar-refractivity contribution in [2.24, 2.45) is 10.7 Å². The molecule has 0 amide bonds. The number of nitrogens with two attached hydrogens (primary N) is 1. The second kappa shape index (κ2) is 8.60. The van der Waals surface area contributed by atoms with Crippen molar-refractivity contribution in [1.29, 1.82) is 0 Å². The fourth-order valence-electron chi connectivity index (χ4n) is 2.22. The van der Waals surface area contributed by atoms with E-state index in [0.717, 1.165) is 30.0 Å². The Bertz CT molecular complexity index is 499. The molecule has 0 atom stereocenters. The SMILES string of the molecule is COCCOc1cc(C)ccc1CN=C(N)N1CCOCC1. The summed E-state index contributed by atoms with van der Waals surface area (Å²) in [6.45, 7) is 6.62. The second-order valence-electron chi connectivity index (χ2n) is 5.23. The van der Waals surface area contributed by atoms with Crippen LogP contribution in [0.1, 0.15) is 11.1 Å². The van der Waals surface area contributed by atoms with E-state index in [4.69, 9.17) is 19.9 Å². The average molecular weight is 307 g/mol. The smallest absolute Gasteiger partial charge is 0.191 e. The minimum atomic E-state index is 0.506. The van der Waals surface area contributed by atoms with Gasteiger partial charge in [0.1, 0.15) is 12.4 Å². The van der Waals surface area contributed by atoms with Gasteiger partial charge in [-0.2, -0.15) is 0 Å². The fourth-order valence-corrected chi connectivity index (χ4v) is 2.22. The minimum Gasteiger partial charge on any atom is -0.491 e. The van der Waals surface area contributed by atoms with Crippen LogP contribution in [0.15, 0.2) is 23.2 Å². The van der Waals surface area contributed by atoms with Gasteiger partial charge in [-0.25, -0.2) is 4.99 Å². The molecule has 1 fully saturated rings. The maximum atomic E-state index is 6.06. The van der Waals surface area contributed by atoms with Crippen LogP contribution in [0.3, 0.4) is 0 Å². The summed E-state index contributed by atoms with van der Waals surface area (Å²) in [5.41, 5.74) is 8.24. The highest BCUT2D eigenvalue weighted by molar-refractivity contribution is 5.78. The molecule has 0 unspecified atom stereocenters. The lowest BCUT2D eigenvalue weighted by molar-refractivity contribution is 0.0674. The van der Waals surface area contributed by atoms with E-state index in [0.29, 0.717) is 38.9 Å². The third-order valence-corrected chi connectivity index (χ3v) is 3.51. The number of hydrogen-bond donors (Lipinski definition) is 1. The van der Waals surface area contributed by atoms with Gasteiger partial charge in [-0.15, -0.1) is 0 Å². The number of aliphatic imine (C=N–C) groups is 1. The van der Waals surface area contributed by atoms with Crippen LogP contribution in [0.5, 0.6) is 5.75 Å². The largest absolute Gasteiger partial charge is 0.491 e. The van der Waals surface area contributed by atoms with Gasteiger partial charge in [-0.05, 0) is 18.6 Å². The van der Waals surface area contributed by atoms with Crippen molar-refractivity contribution in [2.75, 3.05) is 46.6 Å². The van der Waals surface area contributed by atoms with Crippen LogP contribution in [0.2, 0.25) is 0 Å². The van der Waals surface area contributed by atoms with Crippen LogP contribution in [0.25, 0.3) is 0 Å². The third kappa shape index (κ3) is 4.89. The summed E-state index contributed by atoms with van der Waals surface area (Å²) < 4.78 is 16.1. The molecular weight excluding hydrogens is 282 g/mol. The number of nitrogens with zero attached hydrogens (tertiary/aromatic N) is 2. The lowest BCUT2D eigenvalue weighted by Crippen LogP contribution is -2.44. The Balaban J connectivity index is 2.01. The molecule has 0 spiro atoms. The van der Waals surface area contributed by atoms with Crippen molar-refractivity contribution in [1.82, 2.24) is 4.90 Å². The summed E-state index contributed by atoms with van der Waals surface area (Å²) in [7, 11) is 1.66. The molecule has 0 radical (unpaired) electrons. The molecular formula is C16H25N3O3. The van der Waals surface area contributed by atoms with E-state index >= 15 is 0 Å². The van der Waals surface area contributed by atoms with E-state index in [2.05, 4.69) is 11.1 Å². The predicted octanol–water partition coefficient (Wildman–Crippen LogP) is 1.17. The van der Waals surface area contributed by atoms with E-state index in [1.807, 2.05) is 24.0 Å². The first-order valence-corrected chi connectivity index (χ1v) is 7.54. The first kappa shape index (κ1) is 16.6. The Kier molecular flexibility index (Phi) is 6.48. The van der Waals surface area contributed by atoms with Crippen LogP contribution in [-0.4, -0.2) is 57.5 Å². The summed E-state index contributed by atoms with van der Waals surface area (Å²) in [4.78, 5) is 6.53. The van der Waals surface area contributed by atoms with Crippen molar-refractivity contribution >= 4 is 5.96 Å². The number of aryl methyl sites for hydroxylation is 1. The van der Waals surface area contributed by atoms with Crippen LogP contribution >= 0.6 is 0 Å². The lowest BCUT2D eigenvalue weighted by Gasteiger charge is -2.27. The van der Waals surface area contributed by atoms with Crippen LogP contribution in [0, 0.1) is 6.92 Å². The Morgan fingerprint density at radius 3 is 2.82 bits per heavy atom. The summed E-state index contributed by atoms with van der Waals surface area (Å²) in [6, 6.07) is 6.11. The average Bonchev–Trinajstić information content (AvgIpc) is 2.55. The number of morpholine rings is 1. The molecule has 0 bridgehead atoms. The molecule has 22 heavy (non-hydrogen) atoms. The second-order valence-corrected chi connectivity index (χ2v) is 5.23. The maximum absolute atomic E-state index is 6.06. The van der Waals surface area contributed by atoms with Gasteiger partial charge in [0.2, 0.25) is 0 Å². The molecule has 1 saturated heterocycles. The Labute approximate surface area is 131 Å². The van der Waals surface area contributed by atoms with E-state index < -0.39 is 0 Å². The quantitative estimate of drug-likeness (QED) is 0.485. The first-order valence-electron chi connectivity index (χ1n) is 7.54. The Morgan fingerprint density at radius 1 is 1.32 bits per heavy atom. The van der Waals surface area contributed by atoms with E-state index in [1.165, 1.54) is 0 Å². The maximum Gasteiger partial charge on any atom is 0.191 e. The highest BCUT2D eigenvalue weighted by Crippen LogP contribution is 2.21. The van der Waals surface area contributed by atoms with Crippen molar-refractivity contribution in [3.63, 3.8) is 0 Å². The summed E-state index contributed by atoms with van der Waals surface area (Å²) in [5.74, 6) is 1.40. The number of guanidine groups is 1. The molecule has 2 rings (SSSR count). The van der Waals surface area contributed by atoms with Crippen LogP contribution in [-0.2, 0) is 16.0 Å². The third-order valence-electron chi connectivity index (χ3n) is 3.51. The van der Waals surface area contributed by atoms with Crippen molar-refractivity contribution in [3.05, 3.63) is 29.3 Å². The highest BCUT2D eigenvalue weighted by atomic mass is 16.5. The van der Waals surface area contributed by atoms with Gasteiger partial charge in [0.05, 0.1) is 26.4 Å². The van der Waals surface area contributed by atoms with Gasteiger partial charge in [0.15, 0.2) is 5.96 Å². The summed E-state index contributed by atoms with van der Waals surface area (Å²) in [6.07, 6.45) is 0. The molecule has 122 valence electrons. The topological polar surface area (TPSA) is 69.3 Å². The molecule has 0 aliphatic carbocycles. The first-order chi connectivity index (χ1) is 10.7. The van der Waals surface area contributed by atoms with Crippen molar-refractivity contribution in [3.8, 4) is 5.75 Å². The van der Waals surface area contributed by atoms with E-state index in [-0.39, 0.29) is 0 Å². The number of hydrogen-bond acceptors (Lipinski definition) is 4. The molecule has 6 heteroatoms. The molecule has 1 heterocycles. The van der Waals surface area contributed by atoms with Gasteiger partial charge in [-0.1, -0.05) is 12.1 Å². The number of ether oxygens (including phenoxy) is 3. The summed E-state index contributed by atoms with van der Waals surface area (Å²) >= 11 is 0. The van der Waals surface area contributed by atoms with Crippen molar-refractivity contribution in [2.45, 2.75) is 13.5 Å². The number of rotatable bonds is 6. The molecule has 0 aromatic heterocycles. The predicted molar refractivity (Wildman–Crippen MR) is 86.3 cm³/mol. The minimum absolute atomic E-state index is 0.506. The monoisotopic (exact) mass is 307 g/mol. The number of methoxy groups -OCH3 is 1. The normalized spacial score (nSPS) is 15.9. The highest BCUT2D eigenvalue weighted by Gasteiger charge is 2.12. The molecule has 1 aliphatic heterocycles. The Hall–Kier alpha value is -1.79. The Morgan fingerprint density at radius 2 is 2.09 bits per heavy atom. The van der Waals surface area contributed by atoms with Crippen LogP contribution in [0.4, 0.5) is 0 Å². The van der Waals surface area contributed by atoms with Crippen LogP contribution < -0.4 is 10.5 Å². The number of benzene rings is 1. The van der Waals surface area contributed by atoms with Gasteiger partial charge in [-0.3, -0.25) is 0 Å². The fraction of sp³-hybridized carbons (Fsp3) is 0.562. The van der Waals surface area contributed by atoms with Gasteiger partial charge >= 0.3 is 0 Å². The van der Waals surface area contributed by atoms with Crippen molar-refractivity contribution < 1.29 is 14.2 Å². The molecule has 6 nitrogen and oxygen atoms in total. The molecule has 1 aromatic carbocycles. The molecule has 0 saturated carbocycles. The standard InChI is InChI=1S/C16H25N3O3/c1-13-3-4-14(15(11-13)22-10-9-20-2)12-18-16(17)19-5-7-21-8-6-19/h3-4,11H,5-10,12H2,1-2H3,(H2,17,18). The summed E-state index contributed by atoms with van der Waals surface area (Å²) in [5, 5.41) is 0. The molecule has 1 aliphatic rings. The van der Waals surface area contributed by atoms with Gasteiger partial charge < -0.3 is 24.8 Å². The lowest BCUT2D eigenvalue weighted by atomic mass is 10.1. The zero-order chi connectivity index (χ0) is 15.8. The van der Waals surface area contributed by atoms with Gasteiger partial charge in [0, 0.05) is 25.8 Å². The molecule has 1 aromatic rings. The van der Waals surface area contributed by atoms with E-state index in [9.17, 15) is 0 Å². The zero-order valence-electron chi connectivity index (χ0n) is 13.4.